The zero-order valence-corrected chi connectivity index (χ0v) is 5.61. The maximum absolute atomic E-state index is 10.1. The van der Waals surface area contributed by atoms with E-state index in [1.807, 2.05) is 0 Å². The van der Waals surface area contributed by atoms with E-state index in [-0.39, 0.29) is 0 Å². The fourth-order valence-corrected chi connectivity index (χ4v) is 0.496. The van der Waals surface area contributed by atoms with Crippen LogP contribution in [0.4, 0.5) is 0 Å². The topological polar surface area (TPSA) is 72.5 Å². The summed E-state index contributed by atoms with van der Waals surface area (Å²) < 4.78 is 0. The molecule has 0 atom stereocenters. The van der Waals surface area contributed by atoms with Crippen molar-refractivity contribution in [1.29, 1.82) is 0 Å². The molecular formula is C3H2Cl2N2O2. The molecule has 0 rings (SSSR count). The average Bonchev–Trinajstić information content (AvgIpc) is 1.64. The fourth-order valence-electron chi connectivity index (χ4n) is 0.179. The van der Waals surface area contributed by atoms with E-state index in [1.165, 1.54) is 0 Å². The molecule has 0 fully saturated rings. The van der Waals surface area contributed by atoms with Crippen LogP contribution < -0.4 is 5.84 Å². The zero-order valence-electron chi connectivity index (χ0n) is 4.10. The summed E-state index contributed by atoms with van der Waals surface area (Å²) in [5.41, 5.74) is -0.654. The summed E-state index contributed by atoms with van der Waals surface area (Å²) in [6.07, 6.45) is 0. The van der Waals surface area contributed by atoms with Crippen molar-refractivity contribution in [3.63, 3.8) is 0 Å². The first kappa shape index (κ1) is 8.39. The van der Waals surface area contributed by atoms with Crippen molar-refractivity contribution in [3.8, 4) is 0 Å². The van der Waals surface area contributed by atoms with E-state index in [1.54, 1.807) is 0 Å². The predicted octanol–water partition coefficient (Wildman–Crippen LogP) is -0.168. The van der Waals surface area contributed by atoms with E-state index in [0.29, 0.717) is 0 Å². The normalized spacial score (nSPS) is 8.22. The molecule has 0 saturated carbocycles. The van der Waals surface area contributed by atoms with Crippen LogP contribution in [0.3, 0.4) is 0 Å². The van der Waals surface area contributed by atoms with Crippen LogP contribution >= 0.6 is 23.2 Å². The maximum Gasteiger partial charge on any atom is 0.277 e. The number of nitrogens with zero attached hydrogens (tertiary/aromatic N) is 1. The predicted molar refractivity (Wildman–Crippen MR) is 33.3 cm³/mol. The van der Waals surface area contributed by atoms with Gasteiger partial charge in [-0.1, -0.05) is 0 Å². The fraction of sp³-hybridized carbons (Fsp3) is 0. The van der Waals surface area contributed by atoms with E-state index in [9.17, 15) is 9.59 Å². The molecule has 50 valence electrons. The van der Waals surface area contributed by atoms with Gasteiger partial charge in [-0.15, -0.1) is 0 Å². The summed E-state index contributed by atoms with van der Waals surface area (Å²) in [5, 5.41) is 0.625. The number of hydrogen-bond donors (Lipinski definition) is 1. The molecular weight excluding hydrogens is 167 g/mol. The van der Waals surface area contributed by atoms with E-state index >= 15 is 0 Å². The van der Waals surface area contributed by atoms with Crippen molar-refractivity contribution in [2.75, 3.05) is 0 Å². The van der Waals surface area contributed by atoms with E-state index < -0.39 is 16.2 Å². The highest BCUT2D eigenvalue weighted by Gasteiger charge is 2.14. The number of rotatable bonds is 2. The highest BCUT2D eigenvalue weighted by atomic mass is 35.5. The number of halogens is 2. The van der Waals surface area contributed by atoms with Crippen molar-refractivity contribution >= 4 is 39.4 Å². The van der Waals surface area contributed by atoms with Gasteiger partial charge in [0.25, 0.3) is 10.5 Å². The van der Waals surface area contributed by atoms with Crippen molar-refractivity contribution in [3.05, 3.63) is 0 Å². The van der Waals surface area contributed by atoms with Gasteiger partial charge in [-0.05, 0) is 23.2 Å². The Morgan fingerprint density at radius 2 is 1.56 bits per heavy atom. The summed E-state index contributed by atoms with van der Waals surface area (Å²) in [6, 6.07) is 0. The van der Waals surface area contributed by atoms with Crippen LogP contribution in [0.5, 0.6) is 0 Å². The van der Waals surface area contributed by atoms with Gasteiger partial charge in [-0.25, -0.2) is 0 Å². The smallest absolute Gasteiger partial charge is 0.277 e. The summed E-state index contributed by atoms with van der Waals surface area (Å²) >= 11 is 9.57. The lowest BCUT2D eigenvalue weighted by Gasteiger charge is -1.86. The molecule has 0 aromatic heterocycles. The molecule has 0 heterocycles. The first-order valence-electron chi connectivity index (χ1n) is 1.77. The Labute approximate surface area is 60.6 Å². The van der Waals surface area contributed by atoms with Crippen LogP contribution in [-0.4, -0.2) is 16.2 Å². The minimum atomic E-state index is -1.06. The third kappa shape index (κ3) is 2.43. The van der Waals surface area contributed by atoms with Crippen molar-refractivity contribution in [1.82, 2.24) is 0 Å². The molecule has 0 saturated heterocycles. The van der Waals surface area contributed by atoms with Gasteiger partial charge in [0.2, 0.25) is 5.71 Å². The van der Waals surface area contributed by atoms with Crippen molar-refractivity contribution in [2.45, 2.75) is 0 Å². The Hall–Kier alpha value is -0.610. The average molecular weight is 169 g/mol. The van der Waals surface area contributed by atoms with Crippen LogP contribution in [0.1, 0.15) is 0 Å². The molecule has 4 nitrogen and oxygen atoms in total. The van der Waals surface area contributed by atoms with Gasteiger partial charge >= 0.3 is 0 Å². The minimum Gasteiger partial charge on any atom is -0.322 e. The number of carbonyl (C=O) groups excluding carboxylic acids is 2. The first-order valence-corrected chi connectivity index (χ1v) is 2.52. The molecule has 2 N–H and O–H groups in total. The highest BCUT2D eigenvalue weighted by Crippen LogP contribution is 1.90. The van der Waals surface area contributed by atoms with Gasteiger partial charge in [-0.3, -0.25) is 9.59 Å². The molecule has 0 spiro atoms. The Morgan fingerprint density at radius 3 is 1.56 bits per heavy atom. The molecule has 0 amide bonds. The van der Waals surface area contributed by atoms with Gasteiger partial charge < -0.3 is 5.84 Å². The van der Waals surface area contributed by atoms with Crippen LogP contribution in [0, 0.1) is 0 Å². The van der Waals surface area contributed by atoms with Crippen molar-refractivity contribution in [2.24, 2.45) is 10.9 Å². The quantitative estimate of drug-likeness (QED) is 0.205. The minimum absolute atomic E-state index is 0.654. The van der Waals surface area contributed by atoms with Gasteiger partial charge in [0.15, 0.2) is 0 Å². The summed E-state index contributed by atoms with van der Waals surface area (Å²) in [4.78, 5) is 20.1. The maximum atomic E-state index is 10.1. The molecule has 0 bridgehead atoms. The number of nitrogens with two attached hydrogens (primary N) is 1. The molecule has 0 aliphatic carbocycles. The molecule has 0 aliphatic heterocycles. The van der Waals surface area contributed by atoms with E-state index in [0.717, 1.165) is 0 Å². The van der Waals surface area contributed by atoms with Gasteiger partial charge in [0, 0.05) is 0 Å². The summed E-state index contributed by atoms with van der Waals surface area (Å²) in [6.45, 7) is 0. The van der Waals surface area contributed by atoms with Crippen LogP contribution in [-0.2, 0) is 9.59 Å². The number of carbonyl (C=O) groups is 2. The van der Waals surface area contributed by atoms with E-state index in [2.05, 4.69) is 10.9 Å². The number of hydrogen-bond acceptors (Lipinski definition) is 4. The summed E-state index contributed by atoms with van der Waals surface area (Å²) in [7, 11) is 0. The molecule has 9 heavy (non-hydrogen) atoms. The second-order valence-electron chi connectivity index (χ2n) is 1.03. The Bertz CT molecular complexity index is 161. The lowest BCUT2D eigenvalue weighted by Crippen LogP contribution is -2.17. The largest absolute Gasteiger partial charge is 0.322 e. The van der Waals surface area contributed by atoms with Crippen LogP contribution in [0.15, 0.2) is 5.10 Å². The number of hydrazone groups is 1. The molecule has 0 aromatic rings. The highest BCUT2D eigenvalue weighted by molar-refractivity contribution is 7.01. The standard InChI is InChI=1S/C3H2Cl2N2O2/c4-2(8)1(7-6)3(5)9/h6H2. The van der Waals surface area contributed by atoms with Crippen molar-refractivity contribution < 1.29 is 9.59 Å². The first-order chi connectivity index (χ1) is 4.09. The third-order valence-electron chi connectivity index (χ3n) is 0.501. The molecule has 0 aromatic carbocycles. The van der Waals surface area contributed by atoms with E-state index in [4.69, 9.17) is 23.2 Å². The molecule has 6 heteroatoms. The van der Waals surface area contributed by atoms with Crippen LogP contribution in [0.25, 0.3) is 0 Å². The van der Waals surface area contributed by atoms with Gasteiger partial charge in [0.05, 0.1) is 0 Å². The lowest BCUT2D eigenvalue weighted by atomic mass is 10.5. The third-order valence-corrected chi connectivity index (χ3v) is 0.859. The Kier molecular flexibility index (Phi) is 3.19. The Balaban J connectivity index is 4.38. The second kappa shape index (κ2) is 3.42. The SMILES string of the molecule is NN=C(C(=O)Cl)C(=O)Cl. The zero-order chi connectivity index (χ0) is 7.44. The second-order valence-corrected chi connectivity index (χ2v) is 1.71. The van der Waals surface area contributed by atoms with Crippen LogP contribution in [0.2, 0.25) is 0 Å². The molecule has 0 radical (unpaired) electrons. The summed E-state index contributed by atoms with van der Waals surface area (Å²) in [5.74, 6) is 4.55. The molecule has 0 aliphatic rings. The van der Waals surface area contributed by atoms with Gasteiger partial charge in [-0.2, -0.15) is 5.10 Å². The monoisotopic (exact) mass is 168 g/mol. The molecule has 0 unspecified atom stereocenters. The van der Waals surface area contributed by atoms with Gasteiger partial charge in [0.1, 0.15) is 0 Å². The Morgan fingerprint density at radius 1 is 1.22 bits per heavy atom. The lowest BCUT2D eigenvalue weighted by molar-refractivity contribution is -0.109.